The van der Waals surface area contributed by atoms with Gasteiger partial charge in [-0.1, -0.05) is 12.1 Å². The van der Waals surface area contributed by atoms with Crippen molar-refractivity contribution in [3.8, 4) is 0 Å². The van der Waals surface area contributed by atoms with Crippen LogP contribution in [0.4, 0.5) is 4.79 Å². The molecule has 1 aromatic rings. The van der Waals surface area contributed by atoms with Crippen LogP contribution in [0, 0.1) is 0 Å². The maximum atomic E-state index is 11.7. The fourth-order valence-electron chi connectivity index (χ4n) is 1.39. The number of carboxylic acid groups (broad SMARTS) is 1. The standard InChI is InChI=1S/C12H15N3O5/c13-12(20)14-5-7-1-3-8(4-2-7)10(17)15-9(6-16)11(18)19/h1-4,9,16H,5-6H2,(H,15,17)(H,18,19)(H3,13,14,20). The lowest BCUT2D eigenvalue weighted by molar-refractivity contribution is -0.140. The number of aliphatic carboxylic acids is 1. The first-order valence-corrected chi connectivity index (χ1v) is 5.70. The number of nitrogens with two attached hydrogens (primary N) is 1. The summed E-state index contributed by atoms with van der Waals surface area (Å²) in [6.07, 6.45) is 0. The lowest BCUT2D eigenvalue weighted by atomic mass is 10.1. The highest BCUT2D eigenvalue weighted by Gasteiger charge is 2.19. The van der Waals surface area contributed by atoms with Crippen LogP contribution < -0.4 is 16.4 Å². The lowest BCUT2D eigenvalue weighted by Gasteiger charge is -2.11. The fourth-order valence-corrected chi connectivity index (χ4v) is 1.39. The minimum atomic E-state index is -1.35. The van der Waals surface area contributed by atoms with Gasteiger partial charge in [-0.25, -0.2) is 9.59 Å². The van der Waals surface area contributed by atoms with E-state index in [2.05, 4.69) is 10.6 Å². The Morgan fingerprint density at radius 3 is 2.25 bits per heavy atom. The van der Waals surface area contributed by atoms with Gasteiger partial charge in [0, 0.05) is 12.1 Å². The molecule has 1 atom stereocenters. The van der Waals surface area contributed by atoms with Gasteiger partial charge in [-0.2, -0.15) is 0 Å². The molecule has 0 fully saturated rings. The SMILES string of the molecule is NC(=O)NCc1ccc(C(=O)NC(CO)C(=O)O)cc1. The number of amides is 3. The summed E-state index contributed by atoms with van der Waals surface area (Å²) in [5, 5.41) is 22.1. The average molecular weight is 281 g/mol. The van der Waals surface area contributed by atoms with Crippen molar-refractivity contribution in [2.45, 2.75) is 12.6 Å². The van der Waals surface area contributed by atoms with Crippen molar-refractivity contribution in [3.05, 3.63) is 35.4 Å². The average Bonchev–Trinajstić information content (AvgIpc) is 2.42. The number of carbonyl (C=O) groups excluding carboxylic acids is 2. The monoisotopic (exact) mass is 281 g/mol. The number of benzene rings is 1. The second kappa shape index (κ2) is 7.10. The first-order valence-electron chi connectivity index (χ1n) is 5.70. The van der Waals surface area contributed by atoms with Crippen LogP contribution in [0.5, 0.6) is 0 Å². The minimum absolute atomic E-state index is 0.228. The third-order valence-corrected chi connectivity index (χ3v) is 2.47. The van der Waals surface area contributed by atoms with Crippen molar-refractivity contribution in [1.82, 2.24) is 10.6 Å². The molecular formula is C12H15N3O5. The molecule has 0 heterocycles. The van der Waals surface area contributed by atoms with Crippen LogP contribution >= 0.6 is 0 Å². The van der Waals surface area contributed by atoms with Crippen molar-refractivity contribution in [3.63, 3.8) is 0 Å². The summed E-state index contributed by atoms with van der Waals surface area (Å²) in [6.45, 7) is -0.465. The highest BCUT2D eigenvalue weighted by Crippen LogP contribution is 2.04. The summed E-state index contributed by atoms with van der Waals surface area (Å²) in [5.74, 6) is -1.93. The van der Waals surface area contributed by atoms with Crippen molar-refractivity contribution in [2.75, 3.05) is 6.61 Å². The molecule has 3 amide bonds. The number of primary amides is 1. The Morgan fingerprint density at radius 1 is 1.20 bits per heavy atom. The number of aliphatic hydroxyl groups is 1. The Labute approximate surface area is 114 Å². The highest BCUT2D eigenvalue weighted by molar-refractivity contribution is 5.96. The Bertz CT molecular complexity index is 500. The van der Waals surface area contributed by atoms with Crippen LogP contribution in [-0.2, 0) is 11.3 Å². The Balaban J connectivity index is 2.65. The molecule has 1 aromatic carbocycles. The summed E-state index contributed by atoms with van der Waals surface area (Å²) < 4.78 is 0. The van der Waals surface area contributed by atoms with Crippen LogP contribution in [0.25, 0.3) is 0 Å². The molecule has 0 spiro atoms. The van der Waals surface area contributed by atoms with E-state index in [1.54, 1.807) is 12.1 Å². The molecule has 0 saturated heterocycles. The van der Waals surface area contributed by atoms with Crippen molar-refractivity contribution in [1.29, 1.82) is 0 Å². The summed E-state index contributed by atoms with van der Waals surface area (Å²) >= 11 is 0. The summed E-state index contributed by atoms with van der Waals surface area (Å²) in [6, 6.07) is 4.14. The first kappa shape index (κ1) is 15.4. The van der Waals surface area contributed by atoms with E-state index < -0.39 is 30.6 Å². The fraction of sp³-hybridized carbons (Fsp3) is 0.250. The summed E-state index contributed by atoms with van der Waals surface area (Å²) in [4.78, 5) is 32.9. The number of nitrogens with one attached hydrogen (secondary N) is 2. The van der Waals surface area contributed by atoms with Gasteiger partial charge < -0.3 is 26.6 Å². The van der Waals surface area contributed by atoms with E-state index in [-0.39, 0.29) is 12.1 Å². The number of aliphatic hydroxyl groups excluding tert-OH is 1. The Kier molecular flexibility index (Phi) is 5.48. The molecule has 20 heavy (non-hydrogen) atoms. The predicted octanol–water partition coefficient (Wildman–Crippen LogP) is -0.970. The third kappa shape index (κ3) is 4.58. The van der Waals surface area contributed by atoms with Gasteiger partial charge in [0.1, 0.15) is 0 Å². The zero-order valence-electron chi connectivity index (χ0n) is 10.5. The van der Waals surface area contributed by atoms with E-state index in [9.17, 15) is 14.4 Å². The zero-order valence-corrected chi connectivity index (χ0v) is 10.5. The number of rotatable bonds is 6. The molecule has 0 radical (unpaired) electrons. The van der Waals surface area contributed by atoms with Crippen LogP contribution in [0.15, 0.2) is 24.3 Å². The van der Waals surface area contributed by atoms with Gasteiger partial charge in [-0.05, 0) is 17.7 Å². The first-order chi connectivity index (χ1) is 9.43. The second-order valence-corrected chi connectivity index (χ2v) is 3.96. The van der Waals surface area contributed by atoms with Gasteiger partial charge in [0.2, 0.25) is 0 Å². The van der Waals surface area contributed by atoms with Crippen molar-refractivity contribution < 1.29 is 24.6 Å². The van der Waals surface area contributed by atoms with Gasteiger partial charge in [0.25, 0.3) is 5.91 Å². The number of hydrogen-bond donors (Lipinski definition) is 5. The van der Waals surface area contributed by atoms with E-state index in [1.165, 1.54) is 12.1 Å². The molecule has 0 aromatic heterocycles. The van der Waals surface area contributed by atoms with E-state index in [1.807, 2.05) is 0 Å². The topological polar surface area (TPSA) is 142 Å². The smallest absolute Gasteiger partial charge is 0.328 e. The molecule has 8 nitrogen and oxygen atoms in total. The molecule has 1 rings (SSSR count). The molecule has 0 aliphatic heterocycles. The molecule has 1 unspecified atom stereocenters. The van der Waals surface area contributed by atoms with E-state index >= 15 is 0 Å². The molecule has 108 valence electrons. The third-order valence-electron chi connectivity index (χ3n) is 2.47. The summed E-state index contributed by atoms with van der Waals surface area (Å²) in [5.41, 5.74) is 5.90. The number of urea groups is 1. The maximum absolute atomic E-state index is 11.7. The van der Waals surface area contributed by atoms with Gasteiger partial charge in [0.15, 0.2) is 6.04 Å². The molecule has 0 saturated carbocycles. The molecule has 0 bridgehead atoms. The van der Waals surface area contributed by atoms with Crippen LogP contribution in [-0.4, -0.2) is 40.8 Å². The van der Waals surface area contributed by atoms with Crippen LogP contribution in [0.3, 0.4) is 0 Å². The minimum Gasteiger partial charge on any atom is -0.480 e. The zero-order chi connectivity index (χ0) is 15.1. The largest absolute Gasteiger partial charge is 0.480 e. The van der Waals surface area contributed by atoms with Gasteiger partial charge in [-0.3, -0.25) is 4.79 Å². The second-order valence-electron chi connectivity index (χ2n) is 3.96. The normalized spacial score (nSPS) is 11.4. The predicted molar refractivity (Wildman–Crippen MR) is 68.8 cm³/mol. The van der Waals surface area contributed by atoms with E-state index in [4.69, 9.17) is 15.9 Å². The van der Waals surface area contributed by atoms with Crippen molar-refractivity contribution in [2.24, 2.45) is 5.73 Å². The van der Waals surface area contributed by atoms with Gasteiger partial charge >= 0.3 is 12.0 Å². The quantitative estimate of drug-likeness (QED) is 0.456. The lowest BCUT2D eigenvalue weighted by Crippen LogP contribution is -2.43. The van der Waals surface area contributed by atoms with E-state index in [0.29, 0.717) is 0 Å². The van der Waals surface area contributed by atoms with E-state index in [0.717, 1.165) is 5.56 Å². The highest BCUT2D eigenvalue weighted by atomic mass is 16.4. The van der Waals surface area contributed by atoms with Crippen LogP contribution in [0.1, 0.15) is 15.9 Å². The molecule has 8 heteroatoms. The van der Waals surface area contributed by atoms with Crippen LogP contribution in [0.2, 0.25) is 0 Å². The molecule has 0 aliphatic rings. The maximum Gasteiger partial charge on any atom is 0.328 e. The Morgan fingerprint density at radius 2 is 1.80 bits per heavy atom. The summed E-state index contributed by atoms with van der Waals surface area (Å²) in [7, 11) is 0. The molecule has 6 N–H and O–H groups in total. The molecular weight excluding hydrogens is 266 g/mol. The number of carbonyl (C=O) groups is 3. The number of hydrogen-bond acceptors (Lipinski definition) is 4. The Hall–Kier alpha value is -2.61. The van der Waals surface area contributed by atoms with Gasteiger partial charge in [0.05, 0.1) is 6.61 Å². The van der Waals surface area contributed by atoms with Crippen molar-refractivity contribution >= 4 is 17.9 Å². The molecule has 0 aliphatic carbocycles. The number of carboxylic acids is 1. The van der Waals surface area contributed by atoms with Gasteiger partial charge in [-0.15, -0.1) is 0 Å².